The second-order valence-corrected chi connectivity index (χ2v) is 8.04. The molecular formula is C25H17ClN4OS. The molecule has 32 heavy (non-hydrogen) atoms. The van der Waals surface area contributed by atoms with Gasteiger partial charge in [-0.25, -0.2) is 4.98 Å². The number of amides is 1. The molecule has 5 rings (SSSR count). The number of fused-ring (bicyclic) bond motifs is 2. The van der Waals surface area contributed by atoms with Crippen molar-refractivity contribution in [3.05, 3.63) is 95.5 Å². The van der Waals surface area contributed by atoms with Crippen molar-refractivity contribution in [3.63, 3.8) is 0 Å². The van der Waals surface area contributed by atoms with E-state index in [2.05, 4.69) is 20.6 Å². The first-order valence-corrected chi connectivity index (χ1v) is 10.7. The third-order valence-corrected chi connectivity index (χ3v) is 5.68. The summed E-state index contributed by atoms with van der Waals surface area (Å²) in [5.41, 5.74) is 4.13. The number of aromatic amines is 1. The third kappa shape index (κ3) is 3.93. The molecule has 7 heteroatoms. The first kappa shape index (κ1) is 20.2. The molecule has 1 aromatic heterocycles. The predicted octanol–water partition coefficient (Wildman–Crippen LogP) is 6.16. The van der Waals surface area contributed by atoms with Crippen LogP contribution >= 0.6 is 23.8 Å². The zero-order chi connectivity index (χ0) is 22.1. The van der Waals surface area contributed by atoms with E-state index in [9.17, 15) is 4.79 Å². The SMILES string of the molecule is O=C(NC(=S)Nc1ccc(-c2nc3ccccc3[nH]2)cc1)c1cccc2c(Cl)cccc12. The maximum atomic E-state index is 12.8. The number of nitrogens with zero attached hydrogens (tertiary/aromatic N) is 1. The van der Waals surface area contributed by atoms with Crippen molar-refractivity contribution in [1.82, 2.24) is 15.3 Å². The number of hydrogen-bond acceptors (Lipinski definition) is 3. The van der Waals surface area contributed by atoms with Crippen molar-refractivity contribution in [2.75, 3.05) is 5.32 Å². The van der Waals surface area contributed by atoms with Crippen LogP contribution in [0.1, 0.15) is 10.4 Å². The van der Waals surface area contributed by atoms with Crippen LogP contribution in [0.4, 0.5) is 5.69 Å². The Bertz CT molecular complexity index is 1440. The first-order chi connectivity index (χ1) is 15.6. The molecule has 0 atom stereocenters. The highest BCUT2D eigenvalue weighted by Gasteiger charge is 2.13. The number of para-hydroxylation sites is 2. The van der Waals surface area contributed by atoms with Crippen molar-refractivity contribution in [2.45, 2.75) is 0 Å². The van der Waals surface area contributed by atoms with Gasteiger partial charge in [-0.1, -0.05) is 48.0 Å². The number of aromatic nitrogens is 2. The summed E-state index contributed by atoms with van der Waals surface area (Å²) in [5, 5.41) is 8.20. The molecule has 0 fully saturated rings. The van der Waals surface area contributed by atoms with Crippen LogP contribution in [0.15, 0.2) is 84.9 Å². The fraction of sp³-hybridized carbons (Fsp3) is 0. The topological polar surface area (TPSA) is 69.8 Å². The Labute approximate surface area is 194 Å². The van der Waals surface area contributed by atoms with Gasteiger partial charge in [-0.15, -0.1) is 0 Å². The van der Waals surface area contributed by atoms with Gasteiger partial charge in [0.15, 0.2) is 5.11 Å². The van der Waals surface area contributed by atoms with E-state index in [0.717, 1.165) is 38.9 Å². The zero-order valence-electron chi connectivity index (χ0n) is 16.7. The van der Waals surface area contributed by atoms with Gasteiger partial charge >= 0.3 is 0 Å². The Morgan fingerprint density at radius 2 is 1.62 bits per heavy atom. The average Bonchev–Trinajstić information content (AvgIpc) is 3.24. The molecule has 0 spiro atoms. The van der Waals surface area contributed by atoms with Crippen molar-refractivity contribution in [2.24, 2.45) is 0 Å². The quantitative estimate of drug-likeness (QED) is 0.284. The van der Waals surface area contributed by atoms with E-state index in [1.807, 2.05) is 66.7 Å². The highest BCUT2D eigenvalue weighted by atomic mass is 35.5. The standard InChI is InChI=1S/C25H17ClN4OS/c26-20-8-4-5-17-18(20)6-3-7-19(17)24(31)30-25(32)27-16-13-11-15(12-14-16)23-28-21-9-1-2-10-22(21)29-23/h1-14H,(H,28,29)(H2,27,30,31,32). The minimum atomic E-state index is -0.297. The summed E-state index contributed by atoms with van der Waals surface area (Å²) < 4.78 is 0. The monoisotopic (exact) mass is 456 g/mol. The van der Waals surface area contributed by atoms with E-state index in [4.69, 9.17) is 23.8 Å². The summed E-state index contributed by atoms with van der Waals surface area (Å²) in [7, 11) is 0. The molecule has 0 aliphatic carbocycles. The third-order valence-electron chi connectivity index (χ3n) is 5.15. The van der Waals surface area contributed by atoms with Crippen LogP contribution in [0.25, 0.3) is 33.2 Å². The number of thiocarbonyl (C=S) groups is 1. The molecule has 4 aromatic carbocycles. The summed E-state index contributed by atoms with van der Waals surface area (Å²) in [5.74, 6) is 0.498. The lowest BCUT2D eigenvalue weighted by Crippen LogP contribution is -2.34. The largest absolute Gasteiger partial charge is 0.338 e. The number of carbonyl (C=O) groups excluding carboxylic acids is 1. The van der Waals surface area contributed by atoms with Gasteiger partial charge in [0.1, 0.15) is 5.82 Å². The molecule has 0 aliphatic heterocycles. The van der Waals surface area contributed by atoms with Gasteiger partial charge in [-0.3, -0.25) is 10.1 Å². The number of hydrogen-bond donors (Lipinski definition) is 3. The summed E-state index contributed by atoms with van der Waals surface area (Å²) in [6, 6.07) is 26.5. The highest BCUT2D eigenvalue weighted by Crippen LogP contribution is 2.26. The highest BCUT2D eigenvalue weighted by molar-refractivity contribution is 7.80. The molecule has 1 heterocycles. The van der Waals surface area contributed by atoms with Crippen LogP contribution in [0.5, 0.6) is 0 Å². The molecule has 156 valence electrons. The van der Waals surface area contributed by atoms with Crippen molar-refractivity contribution < 1.29 is 4.79 Å². The molecular weight excluding hydrogens is 440 g/mol. The molecule has 0 saturated carbocycles. The number of nitrogens with one attached hydrogen (secondary N) is 3. The molecule has 0 aliphatic rings. The second kappa shape index (κ2) is 8.42. The zero-order valence-corrected chi connectivity index (χ0v) is 18.3. The van der Waals surface area contributed by atoms with Crippen LogP contribution in [0, 0.1) is 0 Å². The average molecular weight is 457 g/mol. The molecule has 5 nitrogen and oxygen atoms in total. The van der Waals surface area contributed by atoms with Crippen molar-refractivity contribution in [3.8, 4) is 11.4 Å². The minimum absolute atomic E-state index is 0.213. The lowest BCUT2D eigenvalue weighted by Gasteiger charge is -2.11. The van der Waals surface area contributed by atoms with Crippen molar-refractivity contribution in [1.29, 1.82) is 0 Å². The maximum absolute atomic E-state index is 12.8. The van der Waals surface area contributed by atoms with Crippen molar-refractivity contribution >= 4 is 62.3 Å². The van der Waals surface area contributed by atoms with Gasteiger partial charge in [0.2, 0.25) is 0 Å². The van der Waals surface area contributed by atoms with Crippen LogP contribution < -0.4 is 10.6 Å². The molecule has 0 saturated heterocycles. The normalized spacial score (nSPS) is 10.9. The number of halogens is 1. The van der Waals surface area contributed by atoms with Crippen LogP contribution in [-0.2, 0) is 0 Å². The Balaban J connectivity index is 1.29. The van der Waals surface area contributed by atoms with E-state index in [1.165, 1.54) is 0 Å². The lowest BCUT2D eigenvalue weighted by atomic mass is 10.0. The Hall–Kier alpha value is -3.74. The summed E-state index contributed by atoms with van der Waals surface area (Å²) >= 11 is 11.6. The van der Waals surface area contributed by atoms with Gasteiger partial charge in [0.05, 0.1) is 11.0 Å². The van der Waals surface area contributed by atoms with Gasteiger partial charge < -0.3 is 10.3 Å². The molecule has 3 N–H and O–H groups in total. The second-order valence-electron chi connectivity index (χ2n) is 7.23. The van der Waals surface area contributed by atoms with Crippen LogP contribution in [-0.4, -0.2) is 21.0 Å². The number of H-pyrrole nitrogens is 1. The van der Waals surface area contributed by atoms with E-state index >= 15 is 0 Å². The number of imidazole rings is 1. The Kier molecular flexibility index (Phi) is 5.31. The number of anilines is 1. The van der Waals surface area contributed by atoms with E-state index in [-0.39, 0.29) is 11.0 Å². The van der Waals surface area contributed by atoms with E-state index in [0.29, 0.717) is 10.6 Å². The molecule has 0 radical (unpaired) electrons. The first-order valence-electron chi connectivity index (χ1n) is 9.93. The maximum Gasteiger partial charge on any atom is 0.258 e. The van der Waals surface area contributed by atoms with Gasteiger partial charge in [0.25, 0.3) is 5.91 Å². The summed E-state index contributed by atoms with van der Waals surface area (Å²) in [6.45, 7) is 0. The number of carbonyl (C=O) groups is 1. The fourth-order valence-electron chi connectivity index (χ4n) is 3.60. The molecule has 0 bridgehead atoms. The summed E-state index contributed by atoms with van der Waals surface area (Å²) in [6.07, 6.45) is 0. The number of benzene rings is 4. The summed E-state index contributed by atoms with van der Waals surface area (Å²) in [4.78, 5) is 20.7. The van der Waals surface area contributed by atoms with Crippen LogP contribution in [0.3, 0.4) is 0 Å². The Morgan fingerprint density at radius 3 is 2.44 bits per heavy atom. The van der Waals surface area contributed by atoms with Gasteiger partial charge in [0, 0.05) is 27.2 Å². The molecule has 5 aromatic rings. The van der Waals surface area contributed by atoms with Gasteiger partial charge in [-0.2, -0.15) is 0 Å². The van der Waals surface area contributed by atoms with E-state index in [1.54, 1.807) is 18.2 Å². The lowest BCUT2D eigenvalue weighted by molar-refractivity contribution is 0.0979. The minimum Gasteiger partial charge on any atom is -0.338 e. The smallest absolute Gasteiger partial charge is 0.258 e. The fourth-order valence-corrected chi connectivity index (χ4v) is 4.05. The molecule has 0 unspecified atom stereocenters. The van der Waals surface area contributed by atoms with Crippen LogP contribution in [0.2, 0.25) is 5.02 Å². The number of rotatable bonds is 3. The predicted molar refractivity (Wildman–Crippen MR) is 134 cm³/mol. The van der Waals surface area contributed by atoms with E-state index < -0.39 is 0 Å². The molecule has 1 amide bonds. The Morgan fingerprint density at radius 1 is 0.875 bits per heavy atom. The van der Waals surface area contributed by atoms with Gasteiger partial charge in [-0.05, 0) is 66.1 Å².